The quantitative estimate of drug-likeness (QED) is 0.889. The van der Waals surface area contributed by atoms with E-state index in [9.17, 15) is 9.90 Å². The van der Waals surface area contributed by atoms with Gasteiger partial charge in [-0.15, -0.1) is 0 Å². The molecule has 0 spiro atoms. The summed E-state index contributed by atoms with van der Waals surface area (Å²) in [6.07, 6.45) is 8.95. The summed E-state index contributed by atoms with van der Waals surface area (Å²) in [6, 6.07) is 5.30. The van der Waals surface area contributed by atoms with Gasteiger partial charge in [0, 0.05) is 0 Å². The molecule has 0 heterocycles. The van der Waals surface area contributed by atoms with E-state index in [0.717, 1.165) is 51.4 Å². The van der Waals surface area contributed by atoms with Crippen LogP contribution in [-0.2, 0) is 0 Å². The summed E-state index contributed by atoms with van der Waals surface area (Å²) in [5, 5.41) is 9.53. The summed E-state index contributed by atoms with van der Waals surface area (Å²) in [6.45, 7) is 0. The molecule has 0 radical (unpaired) electrons. The molecule has 2 aliphatic rings. The van der Waals surface area contributed by atoms with E-state index in [1.54, 1.807) is 12.1 Å². The average Bonchev–Trinajstić information content (AvgIpc) is 3.12. The van der Waals surface area contributed by atoms with E-state index in [4.69, 9.17) is 9.47 Å². The number of ether oxygens (including phenoxy) is 2. The Bertz CT molecular complexity index is 463. The number of benzene rings is 1. The normalized spacial score (nSPS) is 19.8. The van der Waals surface area contributed by atoms with Gasteiger partial charge < -0.3 is 14.6 Å². The van der Waals surface area contributed by atoms with Gasteiger partial charge in [-0.05, 0) is 63.5 Å². The van der Waals surface area contributed by atoms with Crippen molar-refractivity contribution in [1.82, 2.24) is 0 Å². The van der Waals surface area contributed by atoms with Crippen molar-refractivity contribution in [2.45, 2.75) is 63.6 Å². The third-order valence-electron chi connectivity index (χ3n) is 4.39. The predicted molar refractivity (Wildman–Crippen MR) is 79.2 cm³/mol. The Morgan fingerprint density at radius 1 is 0.905 bits per heavy atom. The minimum Gasteiger partial charge on any atom is -0.489 e. The van der Waals surface area contributed by atoms with Crippen LogP contribution in [0, 0.1) is 0 Å². The fraction of sp³-hybridized carbons (Fsp3) is 0.588. The molecule has 4 nitrogen and oxygen atoms in total. The van der Waals surface area contributed by atoms with Gasteiger partial charge in [0.25, 0.3) is 0 Å². The molecule has 0 bridgehead atoms. The molecule has 0 unspecified atom stereocenters. The van der Waals surface area contributed by atoms with Gasteiger partial charge in [-0.25, -0.2) is 4.79 Å². The van der Waals surface area contributed by atoms with Crippen LogP contribution >= 0.6 is 0 Å². The van der Waals surface area contributed by atoms with Crippen molar-refractivity contribution >= 4 is 5.97 Å². The number of hydrogen-bond acceptors (Lipinski definition) is 3. The van der Waals surface area contributed by atoms with Crippen LogP contribution in [0.5, 0.6) is 11.5 Å². The van der Waals surface area contributed by atoms with Gasteiger partial charge in [0.05, 0.1) is 12.2 Å². The van der Waals surface area contributed by atoms with E-state index in [1.807, 2.05) is 6.07 Å². The van der Waals surface area contributed by atoms with Crippen LogP contribution in [0.4, 0.5) is 0 Å². The maximum Gasteiger partial charge on any atom is 0.343 e. The number of hydrogen-bond donors (Lipinski definition) is 1. The first-order valence-electron chi connectivity index (χ1n) is 7.93. The lowest BCUT2D eigenvalue weighted by Gasteiger charge is -2.19. The number of rotatable bonds is 5. The van der Waals surface area contributed by atoms with E-state index in [1.165, 1.54) is 0 Å². The van der Waals surface area contributed by atoms with Gasteiger partial charge >= 0.3 is 5.97 Å². The molecule has 0 saturated heterocycles. The molecular formula is C17H22O4. The molecule has 1 aromatic carbocycles. The van der Waals surface area contributed by atoms with Gasteiger partial charge in [-0.3, -0.25) is 0 Å². The largest absolute Gasteiger partial charge is 0.489 e. The summed E-state index contributed by atoms with van der Waals surface area (Å²) >= 11 is 0. The van der Waals surface area contributed by atoms with Crippen molar-refractivity contribution in [3.63, 3.8) is 0 Å². The molecule has 4 heteroatoms. The minimum absolute atomic E-state index is 0.143. The molecule has 21 heavy (non-hydrogen) atoms. The Morgan fingerprint density at radius 3 is 1.71 bits per heavy atom. The lowest BCUT2D eigenvalue weighted by atomic mass is 10.1. The Balaban J connectivity index is 1.82. The zero-order valence-electron chi connectivity index (χ0n) is 12.2. The highest BCUT2D eigenvalue weighted by molar-refractivity contribution is 5.94. The first kappa shape index (κ1) is 14.2. The van der Waals surface area contributed by atoms with E-state index >= 15 is 0 Å². The monoisotopic (exact) mass is 290 g/mol. The predicted octanol–water partition coefficient (Wildman–Crippen LogP) is 4.03. The molecule has 0 amide bonds. The standard InChI is InChI=1S/C17H22O4/c18-17(19)16-14(20-12-6-1-2-7-12)10-5-11-15(16)21-13-8-3-4-9-13/h5,10-13H,1-4,6-9H2,(H,18,19). The molecule has 1 aromatic rings. The highest BCUT2D eigenvalue weighted by Crippen LogP contribution is 2.34. The lowest BCUT2D eigenvalue weighted by molar-refractivity contribution is 0.0680. The van der Waals surface area contributed by atoms with Crippen LogP contribution in [0.1, 0.15) is 61.7 Å². The summed E-state index contributed by atoms with van der Waals surface area (Å²) < 4.78 is 11.8. The molecule has 0 aliphatic heterocycles. The first-order chi connectivity index (χ1) is 10.2. The van der Waals surface area contributed by atoms with Crippen molar-refractivity contribution < 1.29 is 19.4 Å². The summed E-state index contributed by atoms with van der Waals surface area (Å²) in [5.41, 5.74) is 0.177. The average molecular weight is 290 g/mol. The Kier molecular flexibility index (Phi) is 4.32. The van der Waals surface area contributed by atoms with E-state index in [2.05, 4.69) is 0 Å². The molecule has 1 N–H and O–H groups in total. The van der Waals surface area contributed by atoms with Crippen molar-refractivity contribution in [1.29, 1.82) is 0 Å². The van der Waals surface area contributed by atoms with Crippen LogP contribution < -0.4 is 9.47 Å². The van der Waals surface area contributed by atoms with Crippen LogP contribution in [0.2, 0.25) is 0 Å². The maximum absolute atomic E-state index is 11.6. The molecule has 0 atom stereocenters. The van der Waals surface area contributed by atoms with Crippen LogP contribution in [0.3, 0.4) is 0 Å². The van der Waals surface area contributed by atoms with Gasteiger partial charge in [0.1, 0.15) is 17.1 Å². The maximum atomic E-state index is 11.6. The van der Waals surface area contributed by atoms with E-state index < -0.39 is 5.97 Å². The first-order valence-corrected chi connectivity index (χ1v) is 7.93. The Morgan fingerprint density at radius 2 is 1.33 bits per heavy atom. The number of aromatic carboxylic acids is 1. The third kappa shape index (κ3) is 3.31. The zero-order chi connectivity index (χ0) is 14.7. The van der Waals surface area contributed by atoms with E-state index in [-0.39, 0.29) is 17.8 Å². The topological polar surface area (TPSA) is 55.8 Å². The van der Waals surface area contributed by atoms with Crippen LogP contribution in [-0.4, -0.2) is 23.3 Å². The highest BCUT2D eigenvalue weighted by atomic mass is 16.5. The van der Waals surface area contributed by atoms with Crippen LogP contribution in [0.15, 0.2) is 18.2 Å². The van der Waals surface area contributed by atoms with Gasteiger partial charge in [-0.1, -0.05) is 6.07 Å². The van der Waals surface area contributed by atoms with Gasteiger partial charge in [0.2, 0.25) is 0 Å². The molecule has 3 rings (SSSR count). The fourth-order valence-corrected chi connectivity index (χ4v) is 3.29. The van der Waals surface area contributed by atoms with Crippen LogP contribution in [0.25, 0.3) is 0 Å². The highest BCUT2D eigenvalue weighted by Gasteiger charge is 2.25. The number of carboxylic acid groups (broad SMARTS) is 1. The summed E-state index contributed by atoms with van der Waals surface area (Å²) in [5.74, 6) is -0.0774. The minimum atomic E-state index is -0.975. The second kappa shape index (κ2) is 6.37. The lowest BCUT2D eigenvalue weighted by Crippen LogP contribution is -2.17. The number of carboxylic acids is 1. The molecular weight excluding hydrogens is 268 g/mol. The van der Waals surface area contributed by atoms with Gasteiger partial charge in [-0.2, -0.15) is 0 Å². The molecule has 2 saturated carbocycles. The second-order valence-corrected chi connectivity index (χ2v) is 5.98. The van der Waals surface area contributed by atoms with Gasteiger partial charge in [0.15, 0.2) is 0 Å². The molecule has 2 aliphatic carbocycles. The SMILES string of the molecule is O=C(O)c1c(OC2CCCC2)cccc1OC1CCCC1. The molecule has 0 aromatic heterocycles. The zero-order valence-corrected chi connectivity index (χ0v) is 12.2. The number of carbonyl (C=O) groups is 1. The summed E-state index contributed by atoms with van der Waals surface area (Å²) in [7, 11) is 0. The van der Waals surface area contributed by atoms with Crippen molar-refractivity contribution in [3.8, 4) is 11.5 Å². The van der Waals surface area contributed by atoms with E-state index in [0.29, 0.717) is 11.5 Å². The Labute approximate surface area is 125 Å². The summed E-state index contributed by atoms with van der Waals surface area (Å²) in [4.78, 5) is 11.6. The smallest absolute Gasteiger partial charge is 0.343 e. The Hall–Kier alpha value is -1.71. The van der Waals surface area contributed by atoms with Crippen molar-refractivity contribution in [2.75, 3.05) is 0 Å². The van der Waals surface area contributed by atoms with Crippen molar-refractivity contribution in [2.24, 2.45) is 0 Å². The fourth-order valence-electron chi connectivity index (χ4n) is 3.29. The molecule has 2 fully saturated rings. The molecule has 114 valence electrons. The third-order valence-corrected chi connectivity index (χ3v) is 4.39. The van der Waals surface area contributed by atoms with Crippen molar-refractivity contribution in [3.05, 3.63) is 23.8 Å². The second-order valence-electron chi connectivity index (χ2n) is 5.98.